The molecule has 1 aromatic rings. The van der Waals surface area contributed by atoms with Gasteiger partial charge in [-0.1, -0.05) is 26.8 Å². The highest BCUT2D eigenvalue weighted by Crippen LogP contribution is 2.19. The first-order valence-electron chi connectivity index (χ1n) is 6.21. The molecule has 1 rings (SSSR count). The quantitative estimate of drug-likeness (QED) is 0.874. The summed E-state index contributed by atoms with van der Waals surface area (Å²) in [7, 11) is 0. The largest absolute Gasteiger partial charge is 0.435 e. The van der Waals surface area contributed by atoms with Crippen LogP contribution in [0.1, 0.15) is 31.1 Å². The molecule has 0 aromatic heterocycles. The summed E-state index contributed by atoms with van der Waals surface area (Å²) >= 11 is 0. The Morgan fingerprint density at radius 1 is 1.40 bits per heavy atom. The van der Waals surface area contributed by atoms with E-state index < -0.39 is 18.6 Å². The van der Waals surface area contributed by atoms with Gasteiger partial charge in [-0.3, -0.25) is 4.79 Å². The molecule has 20 heavy (non-hydrogen) atoms. The Hall–Kier alpha value is -1.69. The molecule has 0 spiro atoms. The number of alkyl halides is 2. The molecule has 0 heterocycles. The molecule has 2 N–H and O–H groups in total. The van der Waals surface area contributed by atoms with Gasteiger partial charge in [-0.2, -0.15) is 8.78 Å². The van der Waals surface area contributed by atoms with Crippen molar-refractivity contribution >= 4 is 5.91 Å². The van der Waals surface area contributed by atoms with Gasteiger partial charge >= 0.3 is 6.61 Å². The zero-order valence-corrected chi connectivity index (χ0v) is 11.7. The average molecular weight is 287 g/mol. The molecular formula is C14H19F2NO3. The van der Waals surface area contributed by atoms with E-state index in [1.54, 1.807) is 0 Å². The van der Waals surface area contributed by atoms with Gasteiger partial charge in [0, 0.05) is 12.1 Å². The lowest BCUT2D eigenvalue weighted by atomic mass is 9.89. The molecule has 1 unspecified atom stereocenters. The highest BCUT2D eigenvalue weighted by molar-refractivity contribution is 5.94. The first-order chi connectivity index (χ1) is 9.20. The minimum Gasteiger partial charge on any atom is -0.435 e. The van der Waals surface area contributed by atoms with Gasteiger partial charge in [0.25, 0.3) is 5.91 Å². The number of benzene rings is 1. The molecular weight excluding hydrogens is 268 g/mol. The van der Waals surface area contributed by atoms with Crippen molar-refractivity contribution in [3.8, 4) is 5.75 Å². The number of aliphatic hydroxyl groups excluding tert-OH is 1. The molecule has 1 aromatic carbocycles. The van der Waals surface area contributed by atoms with E-state index in [2.05, 4.69) is 10.1 Å². The number of carbonyl (C=O) groups is 1. The highest BCUT2D eigenvalue weighted by Gasteiger charge is 2.22. The van der Waals surface area contributed by atoms with Crippen LogP contribution >= 0.6 is 0 Å². The lowest BCUT2D eigenvalue weighted by Gasteiger charge is -2.25. The molecule has 4 nitrogen and oxygen atoms in total. The molecule has 1 amide bonds. The van der Waals surface area contributed by atoms with Gasteiger partial charge in [0.2, 0.25) is 0 Å². The summed E-state index contributed by atoms with van der Waals surface area (Å²) in [5.74, 6) is -0.531. The average Bonchev–Trinajstić information content (AvgIpc) is 2.33. The molecule has 0 aliphatic heterocycles. The summed E-state index contributed by atoms with van der Waals surface area (Å²) < 4.78 is 28.4. The van der Waals surface area contributed by atoms with Crippen LogP contribution in [0, 0.1) is 5.41 Å². The topological polar surface area (TPSA) is 58.6 Å². The summed E-state index contributed by atoms with van der Waals surface area (Å²) in [4.78, 5) is 11.8. The van der Waals surface area contributed by atoms with Crippen molar-refractivity contribution in [1.29, 1.82) is 0 Å². The predicted octanol–water partition coefficient (Wildman–Crippen LogP) is 2.42. The van der Waals surface area contributed by atoms with E-state index in [-0.39, 0.29) is 23.3 Å². The second kappa shape index (κ2) is 6.65. The molecule has 112 valence electrons. The maximum atomic E-state index is 12.1. The standard InChI is InChI=1S/C14H19F2NO3/c1-14(2,3)11(18)8-17-12(19)9-5-4-6-10(7-9)20-13(15)16/h4-7,11,13,18H,8H2,1-3H3,(H,17,19). The third kappa shape index (κ3) is 5.13. The maximum Gasteiger partial charge on any atom is 0.387 e. The van der Waals surface area contributed by atoms with Crippen molar-refractivity contribution in [2.75, 3.05) is 6.54 Å². The first-order valence-corrected chi connectivity index (χ1v) is 6.21. The van der Waals surface area contributed by atoms with Crippen LogP contribution in [0.3, 0.4) is 0 Å². The number of hydrogen-bond acceptors (Lipinski definition) is 3. The van der Waals surface area contributed by atoms with Crippen molar-refractivity contribution < 1.29 is 23.4 Å². The molecule has 0 aliphatic carbocycles. The number of aliphatic hydroxyl groups is 1. The molecule has 0 bridgehead atoms. The van der Waals surface area contributed by atoms with E-state index in [9.17, 15) is 18.7 Å². The first kappa shape index (κ1) is 16.4. The van der Waals surface area contributed by atoms with Gasteiger partial charge in [-0.25, -0.2) is 0 Å². The zero-order valence-electron chi connectivity index (χ0n) is 11.7. The van der Waals surface area contributed by atoms with Gasteiger partial charge in [0.1, 0.15) is 5.75 Å². The fraction of sp³-hybridized carbons (Fsp3) is 0.500. The zero-order chi connectivity index (χ0) is 15.3. The van der Waals surface area contributed by atoms with Crippen molar-refractivity contribution in [3.63, 3.8) is 0 Å². The SMILES string of the molecule is CC(C)(C)C(O)CNC(=O)c1cccc(OC(F)F)c1. The Morgan fingerprint density at radius 2 is 2.05 bits per heavy atom. The predicted molar refractivity (Wildman–Crippen MR) is 70.9 cm³/mol. The van der Waals surface area contributed by atoms with Gasteiger partial charge in [-0.15, -0.1) is 0 Å². The van der Waals surface area contributed by atoms with Crippen molar-refractivity contribution in [2.45, 2.75) is 33.5 Å². The van der Waals surface area contributed by atoms with Crippen molar-refractivity contribution in [1.82, 2.24) is 5.32 Å². The van der Waals surface area contributed by atoms with Crippen LogP contribution in [0.15, 0.2) is 24.3 Å². The number of carbonyl (C=O) groups excluding carboxylic acids is 1. The Balaban J connectivity index is 2.64. The number of ether oxygens (including phenoxy) is 1. The monoisotopic (exact) mass is 287 g/mol. The second-order valence-electron chi connectivity index (χ2n) is 5.50. The molecule has 0 saturated carbocycles. The summed E-state index contributed by atoms with van der Waals surface area (Å²) in [5, 5.41) is 12.4. The minimum absolute atomic E-state index is 0.0796. The van der Waals surface area contributed by atoms with Crippen LogP contribution in [-0.2, 0) is 0 Å². The van der Waals surface area contributed by atoms with Gasteiger partial charge < -0.3 is 15.2 Å². The molecule has 0 radical (unpaired) electrons. The minimum atomic E-state index is -2.93. The fourth-order valence-electron chi connectivity index (χ4n) is 1.41. The van der Waals surface area contributed by atoms with E-state index in [0.29, 0.717) is 0 Å². The van der Waals surface area contributed by atoms with E-state index in [1.807, 2.05) is 20.8 Å². The third-order valence-electron chi connectivity index (χ3n) is 2.78. The lowest BCUT2D eigenvalue weighted by molar-refractivity contribution is -0.0498. The lowest BCUT2D eigenvalue weighted by Crippen LogP contribution is -2.39. The van der Waals surface area contributed by atoms with Crippen LogP contribution in [0.2, 0.25) is 0 Å². The summed E-state index contributed by atoms with van der Waals surface area (Å²) in [5.41, 5.74) is -0.155. The number of halogens is 2. The third-order valence-corrected chi connectivity index (χ3v) is 2.78. The Bertz CT molecular complexity index is 458. The van der Waals surface area contributed by atoms with E-state index in [1.165, 1.54) is 24.3 Å². The Labute approximate surface area is 116 Å². The summed E-state index contributed by atoms with van der Waals surface area (Å²) in [6.07, 6.45) is -0.702. The van der Waals surface area contributed by atoms with Crippen molar-refractivity contribution in [3.05, 3.63) is 29.8 Å². The Kier molecular flexibility index (Phi) is 5.44. The Morgan fingerprint density at radius 3 is 2.60 bits per heavy atom. The van der Waals surface area contributed by atoms with Crippen LogP contribution in [0.5, 0.6) is 5.75 Å². The van der Waals surface area contributed by atoms with Gasteiger partial charge in [-0.05, 0) is 23.6 Å². The van der Waals surface area contributed by atoms with E-state index in [4.69, 9.17) is 0 Å². The van der Waals surface area contributed by atoms with Gasteiger partial charge in [0.15, 0.2) is 0 Å². The fourth-order valence-corrected chi connectivity index (χ4v) is 1.41. The number of rotatable bonds is 5. The highest BCUT2D eigenvalue weighted by atomic mass is 19.3. The van der Waals surface area contributed by atoms with Crippen LogP contribution in [-0.4, -0.2) is 30.3 Å². The molecule has 0 saturated heterocycles. The smallest absolute Gasteiger partial charge is 0.387 e. The number of nitrogens with one attached hydrogen (secondary N) is 1. The second-order valence-corrected chi connectivity index (χ2v) is 5.50. The summed E-state index contributed by atoms with van der Waals surface area (Å²) in [6.45, 7) is 2.70. The molecule has 1 atom stereocenters. The maximum absolute atomic E-state index is 12.1. The summed E-state index contributed by atoms with van der Waals surface area (Å²) in [6, 6.07) is 5.50. The van der Waals surface area contributed by atoms with Crippen LogP contribution < -0.4 is 10.1 Å². The van der Waals surface area contributed by atoms with Crippen LogP contribution in [0.25, 0.3) is 0 Å². The van der Waals surface area contributed by atoms with Crippen molar-refractivity contribution in [2.24, 2.45) is 5.41 Å². The normalized spacial score (nSPS) is 13.2. The number of hydrogen-bond donors (Lipinski definition) is 2. The van der Waals surface area contributed by atoms with Crippen LogP contribution in [0.4, 0.5) is 8.78 Å². The van der Waals surface area contributed by atoms with E-state index in [0.717, 1.165) is 0 Å². The van der Waals surface area contributed by atoms with E-state index >= 15 is 0 Å². The molecule has 0 fully saturated rings. The number of amides is 1. The molecule has 0 aliphatic rings. The van der Waals surface area contributed by atoms with Gasteiger partial charge in [0.05, 0.1) is 6.10 Å². The molecule has 6 heteroatoms.